The van der Waals surface area contributed by atoms with E-state index in [1.807, 2.05) is 6.07 Å². The van der Waals surface area contributed by atoms with Crippen LogP contribution in [0.1, 0.15) is 44.6 Å². The summed E-state index contributed by atoms with van der Waals surface area (Å²) in [5, 5.41) is 3.59. The number of hydrogen-bond acceptors (Lipinski definition) is 1. The Morgan fingerprint density at radius 1 is 1.35 bits per heavy atom. The quantitative estimate of drug-likeness (QED) is 0.801. The lowest BCUT2D eigenvalue weighted by Gasteiger charge is -2.25. The number of nitrogens with one attached hydrogen (secondary N) is 1. The summed E-state index contributed by atoms with van der Waals surface area (Å²) in [5.41, 5.74) is 2.30. The standard InChI is InChI=1S/C17H23ClFN/c1-2-20-12-15(14-6-4-3-5-7-14)10-13-8-9-16(18)17(19)11-13/h8-11,14,20H,2-7,12H2,1H3/b15-10-. The summed E-state index contributed by atoms with van der Waals surface area (Å²) < 4.78 is 13.5. The number of likely N-dealkylation sites (N-methyl/N-ethyl adjacent to an activating group) is 1. The van der Waals surface area contributed by atoms with Crippen molar-refractivity contribution in [3.8, 4) is 0 Å². The molecule has 1 N–H and O–H groups in total. The summed E-state index contributed by atoms with van der Waals surface area (Å²) in [4.78, 5) is 0. The smallest absolute Gasteiger partial charge is 0.142 e. The van der Waals surface area contributed by atoms with E-state index in [-0.39, 0.29) is 10.8 Å². The zero-order chi connectivity index (χ0) is 14.4. The van der Waals surface area contributed by atoms with E-state index >= 15 is 0 Å². The fourth-order valence-corrected chi connectivity index (χ4v) is 2.99. The van der Waals surface area contributed by atoms with Gasteiger partial charge in [0.25, 0.3) is 0 Å². The van der Waals surface area contributed by atoms with Gasteiger partial charge in [0.15, 0.2) is 0 Å². The van der Waals surface area contributed by atoms with E-state index in [9.17, 15) is 4.39 Å². The lowest BCUT2D eigenvalue weighted by atomic mass is 9.83. The van der Waals surface area contributed by atoms with Crippen molar-refractivity contribution in [2.24, 2.45) is 5.92 Å². The Morgan fingerprint density at radius 3 is 2.75 bits per heavy atom. The van der Waals surface area contributed by atoms with Crippen molar-refractivity contribution in [2.75, 3.05) is 13.1 Å². The van der Waals surface area contributed by atoms with Crippen LogP contribution in [-0.4, -0.2) is 13.1 Å². The van der Waals surface area contributed by atoms with Gasteiger partial charge < -0.3 is 5.32 Å². The minimum Gasteiger partial charge on any atom is -0.313 e. The van der Waals surface area contributed by atoms with Crippen LogP contribution < -0.4 is 5.32 Å². The van der Waals surface area contributed by atoms with Gasteiger partial charge in [-0.3, -0.25) is 0 Å². The molecule has 1 nitrogen and oxygen atoms in total. The third kappa shape index (κ3) is 4.32. The molecule has 1 aliphatic carbocycles. The molecule has 2 rings (SSSR count). The molecule has 0 spiro atoms. The molecule has 0 saturated heterocycles. The molecular weight excluding hydrogens is 273 g/mol. The Labute approximate surface area is 126 Å². The molecule has 3 heteroatoms. The molecule has 0 radical (unpaired) electrons. The second-order valence-corrected chi connectivity index (χ2v) is 5.92. The molecule has 1 aliphatic rings. The molecule has 0 bridgehead atoms. The van der Waals surface area contributed by atoms with Gasteiger partial charge in [-0.25, -0.2) is 4.39 Å². The molecule has 0 aliphatic heterocycles. The SMILES string of the molecule is CCNC/C(=C/c1ccc(Cl)c(F)c1)C1CCCCC1. The summed E-state index contributed by atoms with van der Waals surface area (Å²) in [6, 6.07) is 5.05. The molecule has 1 aromatic carbocycles. The molecule has 0 unspecified atom stereocenters. The first-order valence-electron chi connectivity index (χ1n) is 7.57. The van der Waals surface area contributed by atoms with Crippen molar-refractivity contribution < 1.29 is 4.39 Å². The minimum absolute atomic E-state index is 0.188. The monoisotopic (exact) mass is 295 g/mol. The first kappa shape index (κ1) is 15.5. The molecule has 1 saturated carbocycles. The van der Waals surface area contributed by atoms with E-state index in [0.29, 0.717) is 5.92 Å². The minimum atomic E-state index is -0.341. The summed E-state index contributed by atoms with van der Waals surface area (Å²) in [5.74, 6) is 0.299. The predicted molar refractivity (Wildman–Crippen MR) is 84.5 cm³/mol. The van der Waals surface area contributed by atoms with Crippen LogP contribution in [0.15, 0.2) is 23.8 Å². The highest BCUT2D eigenvalue weighted by molar-refractivity contribution is 6.30. The maximum absolute atomic E-state index is 13.5. The molecule has 1 aromatic rings. The zero-order valence-corrected chi connectivity index (χ0v) is 12.8. The highest BCUT2D eigenvalue weighted by atomic mass is 35.5. The van der Waals surface area contributed by atoms with E-state index < -0.39 is 0 Å². The van der Waals surface area contributed by atoms with Crippen LogP contribution in [0.4, 0.5) is 4.39 Å². The second-order valence-electron chi connectivity index (χ2n) is 5.51. The van der Waals surface area contributed by atoms with Crippen molar-refractivity contribution >= 4 is 17.7 Å². The normalized spacial score (nSPS) is 17.4. The van der Waals surface area contributed by atoms with Gasteiger partial charge in [-0.15, -0.1) is 0 Å². The first-order valence-corrected chi connectivity index (χ1v) is 7.94. The van der Waals surface area contributed by atoms with Gasteiger partial charge in [0, 0.05) is 6.54 Å². The molecule has 1 fully saturated rings. The van der Waals surface area contributed by atoms with E-state index in [1.54, 1.807) is 6.07 Å². The predicted octanol–water partition coefficient (Wildman–Crippen LogP) is 5.05. The Morgan fingerprint density at radius 2 is 2.10 bits per heavy atom. The Bertz CT molecular complexity index is 464. The van der Waals surface area contributed by atoms with Crippen LogP contribution in [0.3, 0.4) is 0 Å². The van der Waals surface area contributed by atoms with Gasteiger partial charge >= 0.3 is 0 Å². The van der Waals surface area contributed by atoms with Gasteiger partial charge in [-0.05, 0) is 43.0 Å². The van der Waals surface area contributed by atoms with Crippen LogP contribution in [0.2, 0.25) is 5.02 Å². The van der Waals surface area contributed by atoms with Crippen molar-refractivity contribution in [3.05, 3.63) is 40.2 Å². The summed E-state index contributed by atoms with van der Waals surface area (Å²) in [6.45, 7) is 3.96. The summed E-state index contributed by atoms with van der Waals surface area (Å²) >= 11 is 5.74. The van der Waals surface area contributed by atoms with Crippen LogP contribution >= 0.6 is 11.6 Å². The van der Waals surface area contributed by atoms with Crippen LogP contribution in [0, 0.1) is 11.7 Å². The fraction of sp³-hybridized carbons (Fsp3) is 0.529. The molecule has 0 atom stereocenters. The van der Waals surface area contributed by atoms with Crippen molar-refractivity contribution in [2.45, 2.75) is 39.0 Å². The second kappa shape index (κ2) is 7.80. The van der Waals surface area contributed by atoms with Gasteiger partial charge in [0.2, 0.25) is 0 Å². The Balaban J connectivity index is 2.19. The maximum Gasteiger partial charge on any atom is 0.142 e. The molecule has 0 heterocycles. The van der Waals surface area contributed by atoms with Crippen molar-refractivity contribution in [1.29, 1.82) is 0 Å². The molecule has 0 aromatic heterocycles. The van der Waals surface area contributed by atoms with Gasteiger partial charge in [0.1, 0.15) is 5.82 Å². The third-order valence-corrected chi connectivity index (χ3v) is 4.31. The fourth-order valence-electron chi connectivity index (χ4n) is 2.87. The number of benzene rings is 1. The van der Waals surface area contributed by atoms with Crippen molar-refractivity contribution in [3.63, 3.8) is 0 Å². The number of halogens is 2. The Hall–Kier alpha value is -0.860. The van der Waals surface area contributed by atoms with Crippen LogP contribution in [0.5, 0.6) is 0 Å². The van der Waals surface area contributed by atoms with E-state index in [4.69, 9.17) is 11.6 Å². The van der Waals surface area contributed by atoms with Gasteiger partial charge in [-0.2, -0.15) is 0 Å². The average molecular weight is 296 g/mol. The van der Waals surface area contributed by atoms with Crippen LogP contribution in [0.25, 0.3) is 6.08 Å². The van der Waals surface area contributed by atoms with E-state index in [0.717, 1.165) is 18.7 Å². The number of hydrogen-bond donors (Lipinski definition) is 1. The topological polar surface area (TPSA) is 12.0 Å². The summed E-state index contributed by atoms with van der Waals surface area (Å²) in [6.07, 6.45) is 8.62. The molecule has 20 heavy (non-hydrogen) atoms. The lowest BCUT2D eigenvalue weighted by Crippen LogP contribution is -2.22. The van der Waals surface area contributed by atoms with Gasteiger partial charge in [0.05, 0.1) is 5.02 Å². The zero-order valence-electron chi connectivity index (χ0n) is 12.1. The maximum atomic E-state index is 13.5. The molecule has 110 valence electrons. The number of rotatable bonds is 5. The van der Waals surface area contributed by atoms with Crippen molar-refractivity contribution in [1.82, 2.24) is 5.32 Å². The Kier molecular flexibility index (Phi) is 6.06. The largest absolute Gasteiger partial charge is 0.313 e. The van der Waals surface area contributed by atoms with Gasteiger partial charge in [-0.1, -0.05) is 55.5 Å². The summed E-state index contributed by atoms with van der Waals surface area (Å²) in [7, 11) is 0. The lowest BCUT2D eigenvalue weighted by molar-refractivity contribution is 0.397. The molecule has 0 amide bonds. The average Bonchev–Trinajstić information content (AvgIpc) is 2.48. The highest BCUT2D eigenvalue weighted by Gasteiger charge is 2.17. The molecular formula is C17H23ClFN. The third-order valence-electron chi connectivity index (χ3n) is 4.00. The van der Waals surface area contributed by atoms with E-state index in [2.05, 4.69) is 18.3 Å². The highest BCUT2D eigenvalue weighted by Crippen LogP contribution is 2.31. The first-order chi connectivity index (χ1) is 9.70. The van der Waals surface area contributed by atoms with Crippen LogP contribution in [-0.2, 0) is 0 Å². The van der Waals surface area contributed by atoms with E-state index in [1.165, 1.54) is 43.7 Å².